The largest absolute Gasteiger partial charge is 0.497 e. The summed E-state index contributed by atoms with van der Waals surface area (Å²) in [5, 5.41) is 14.9. The molecule has 0 atom stereocenters. The van der Waals surface area contributed by atoms with Crippen LogP contribution in [0.25, 0.3) is 10.9 Å². The zero-order valence-corrected chi connectivity index (χ0v) is 19.2. The molecule has 1 fully saturated rings. The van der Waals surface area contributed by atoms with Crippen LogP contribution in [-0.4, -0.2) is 28.8 Å². The third-order valence-electron chi connectivity index (χ3n) is 6.84. The fraction of sp³-hybridized carbons (Fsp3) is 0.444. The summed E-state index contributed by atoms with van der Waals surface area (Å²) in [4.78, 5) is 12.5. The smallest absolute Gasteiger partial charge is 0.352 e. The minimum Gasteiger partial charge on any atom is -0.497 e. The number of nitrogens with one attached hydrogen (secondary N) is 1. The van der Waals surface area contributed by atoms with E-state index in [-0.39, 0.29) is 0 Å². The molecule has 32 heavy (non-hydrogen) atoms. The zero-order valence-electron chi connectivity index (χ0n) is 19.2. The molecule has 170 valence electrons. The van der Waals surface area contributed by atoms with Gasteiger partial charge in [0, 0.05) is 36.1 Å². The van der Waals surface area contributed by atoms with E-state index in [0.29, 0.717) is 24.8 Å². The van der Waals surface area contributed by atoms with Crippen molar-refractivity contribution in [2.75, 3.05) is 7.11 Å². The number of hydrogen-bond donors (Lipinski definition) is 2. The van der Waals surface area contributed by atoms with Gasteiger partial charge in [-0.05, 0) is 43.0 Å². The molecule has 0 radical (unpaired) electrons. The molecule has 2 N–H and O–H groups in total. The van der Waals surface area contributed by atoms with Gasteiger partial charge in [-0.2, -0.15) is 0 Å². The molecule has 5 nitrogen and oxygen atoms in total. The summed E-state index contributed by atoms with van der Waals surface area (Å²) < 4.78 is 7.41. The molecular formula is C27H34N2O3. The van der Waals surface area contributed by atoms with Crippen molar-refractivity contribution >= 4 is 16.9 Å². The molecule has 2 aromatic carbocycles. The zero-order chi connectivity index (χ0) is 22.5. The van der Waals surface area contributed by atoms with E-state index < -0.39 is 5.97 Å². The number of fused-ring (bicyclic) bond motifs is 1. The van der Waals surface area contributed by atoms with Crippen LogP contribution in [0.2, 0.25) is 0 Å². The van der Waals surface area contributed by atoms with E-state index in [1.807, 2.05) is 34.9 Å². The standard InChI is InChI=1S/C27H34N2O3/c1-19-10-8-9-11-20(19)18-29-25-16-22(32-2)14-15-23(25)24(26(29)27(30)31)17-28-21-12-6-4-3-5-7-13-21/h8-11,14-16,21,28H,3-7,12-13,17-18H2,1-2H3,(H,30,31). The predicted octanol–water partition coefficient (Wildman–Crippen LogP) is 5.91. The van der Waals surface area contributed by atoms with E-state index in [2.05, 4.69) is 24.4 Å². The second kappa shape index (κ2) is 10.2. The van der Waals surface area contributed by atoms with Gasteiger partial charge in [-0.1, -0.05) is 56.4 Å². The fourth-order valence-electron chi connectivity index (χ4n) is 4.98. The van der Waals surface area contributed by atoms with Gasteiger partial charge in [0.15, 0.2) is 0 Å². The predicted molar refractivity (Wildman–Crippen MR) is 129 cm³/mol. The molecule has 1 aliphatic carbocycles. The van der Waals surface area contributed by atoms with E-state index in [1.54, 1.807) is 7.11 Å². The van der Waals surface area contributed by atoms with Crippen molar-refractivity contribution in [2.24, 2.45) is 0 Å². The lowest BCUT2D eigenvalue weighted by atomic mass is 9.96. The Bertz CT molecular complexity index is 1080. The normalized spacial score (nSPS) is 15.4. The van der Waals surface area contributed by atoms with Gasteiger partial charge in [0.05, 0.1) is 12.6 Å². The Balaban J connectivity index is 1.74. The monoisotopic (exact) mass is 434 g/mol. The molecule has 1 heterocycles. The molecule has 0 amide bonds. The molecule has 5 heteroatoms. The van der Waals surface area contributed by atoms with E-state index in [9.17, 15) is 9.90 Å². The molecule has 4 rings (SSSR count). The van der Waals surface area contributed by atoms with E-state index in [4.69, 9.17) is 4.74 Å². The highest BCUT2D eigenvalue weighted by molar-refractivity contribution is 5.98. The van der Waals surface area contributed by atoms with Crippen LogP contribution < -0.4 is 10.1 Å². The number of ether oxygens (including phenoxy) is 1. The SMILES string of the molecule is COc1ccc2c(CNC3CCCCCCC3)c(C(=O)O)n(Cc3ccccc3C)c2c1. The lowest BCUT2D eigenvalue weighted by Crippen LogP contribution is -2.30. The van der Waals surface area contributed by atoms with Crippen LogP contribution >= 0.6 is 0 Å². The second-order valence-electron chi connectivity index (χ2n) is 8.95. The number of aromatic nitrogens is 1. The molecule has 0 spiro atoms. The first kappa shape index (κ1) is 22.4. The maximum absolute atomic E-state index is 12.5. The van der Waals surface area contributed by atoms with Gasteiger partial charge in [0.25, 0.3) is 0 Å². The number of nitrogens with zero attached hydrogens (tertiary/aromatic N) is 1. The van der Waals surface area contributed by atoms with Crippen LogP contribution in [0.3, 0.4) is 0 Å². The number of aromatic carboxylic acids is 1. The van der Waals surface area contributed by atoms with Crippen molar-refractivity contribution in [3.63, 3.8) is 0 Å². The molecule has 1 aliphatic rings. The van der Waals surface area contributed by atoms with Crippen molar-refractivity contribution in [3.05, 3.63) is 64.8 Å². The molecule has 0 bridgehead atoms. The summed E-state index contributed by atoms with van der Waals surface area (Å²) in [5.41, 5.74) is 4.41. The summed E-state index contributed by atoms with van der Waals surface area (Å²) >= 11 is 0. The number of aryl methyl sites for hydroxylation is 1. The molecule has 0 aliphatic heterocycles. The highest BCUT2D eigenvalue weighted by Crippen LogP contribution is 2.31. The molecular weight excluding hydrogens is 400 g/mol. The summed E-state index contributed by atoms with van der Waals surface area (Å²) in [7, 11) is 1.64. The molecule has 0 saturated heterocycles. The maximum Gasteiger partial charge on any atom is 0.352 e. The van der Waals surface area contributed by atoms with Gasteiger partial charge in [-0.15, -0.1) is 0 Å². The van der Waals surface area contributed by atoms with Crippen molar-refractivity contribution < 1.29 is 14.6 Å². The second-order valence-corrected chi connectivity index (χ2v) is 8.95. The van der Waals surface area contributed by atoms with Crippen molar-refractivity contribution in [1.29, 1.82) is 0 Å². The lowest BCUT2D eigenvalue weighted by Gasteiger charge is -2.21. The van der Waals surface area contributed by atoms with Crippen molar-refractivity contribution in [3.8, 4) is 5.75 Å². The van der Waals surface area contributed by atoms with Gasteiger partial charge < -0.3 is 19.7 Å². The first-order valence-corrected chi connectivity index (χ1v) is 11.8. The van der Waals surface area contributed by atoms with Gasteiger partial charge in [0.1, 0.15) is 11.4 Å². The Morgan fingerprint density at radius 1 is 1.09 bits per heavy atom. The van der Waals surface area contributed by atoms with Crippen LogP contribution in [0.4, 0.5) is 0 Å². The summed E-state index contributed by atoms with van der Waals surface area (Å²) in [5.74, 6) is -0.152. The third kappa shape index (κ3) is 4.83. The minimum atomic E-state index is -0.886. The highest BCUT2D eigenvalue weighted by Gasteiger charge is 2.24. The first-order valence-electron chi connectivity index (χ1n) is 11.8. The Labute approximate surface area is 190 Å². The maximum atomic E-state index is 12.5. The average Bonchev–Trinajstić information content (AvgIpc) is 3.07. The minimum absolute atomic E-state index is 0.370. The number of carboxylic acid groups (broad SMARTS) is 1. The topological polar surface area (TPSA) is 63.5 Å². The van der Waals surface area contributed by atoms with Crippen molar-refractivity contribution in [1.82, 2.24) is 9.88 Å². The molecule has 1 aromatic heterocycles. The van der Waals surface area contributed by atoms with Crippen LogP contribution in [0.15, 0.2) is 42.5 Å². The van der Waals surface area contributed by atoms with Crippen LogP contribution in [0, 0.1) is 6.92 Å². The summed E-state index contributed by atoms with van der Waals surface area (Å²) in [6.45, 7) is 3.15. The number of carboxylic acids is 1. The highest BCUT2D eigenvalue weighted by atomic mass is 16.5. The summed E-state index contributed by atoms with van der Waals surface area (Å²) in [6, 6.07) is 14.5. The van der Waals surface area contributed by atoms with Crippen LogP contribution in [0.1, 0.15) is 72.1 Å². The van der Waals surface area contributed by atoms with Gasteiger partial charge >= 0.3 is 5.97 Å². The number of methoxy groups -OCH3 is 1. The average molecular weight is 435 g/mol. The molecule has 1 saturated carbocycles. The molecule has 3 aromatic rings. The number of hydrogen-bond acceptors (Lipinski definition) is 3. The fourth-order valence-corrected chi connectivity index (χ4v) is 4.98. The van der Waals surface area contributed by atoms with Crippen molar-refractivity contribution in [2.45, 2.75) is 71.0 Å². The van der Waals surface area contributed by atoms with Crippen LogP contribution in [-0.2, 0) is 13.1 Å². The Hall–Kier alpha value is -2.79. The van der Waals surface area contributed by atoms with Gasteiger partial charge in [-0.3, -0.25) is 0 Å². The third-order valence-corrected chi connectivity index (χ3v) is 6.84. The number of rotatable bonds is 7. The molecule has 0 unspecified atom stereocenters. The Morgan fingerprint density at radius 2 is 1.81 bits per heavy atom. The lowest BCUT2D eigenvalue weighted by molar-refractivity contribution is 0.0684. The van der Waals surface area contributed by atoms with Crippen LogP contribution in [0.5, 0.6) is 5.75 Å². The van der Waals surface area contributed by atoms with Gasteiger partial charge in [0.2, 0.25) is 0 Å². The van der Waals surface area contributed by atoms with E-state index in [0.717, 1.165) is 46.2 Å². The Morgan fingerprint density at radius 3 is 2.50 bits per heavy atom. The van der Waals surface area contributed by atoms with E-state index >= 15 is 0 Å². The number of benzene rings is 2. The van der Waals surface area contributed by atoms with Gasteiger partial charge in [-0.25, -0.2) is 4.79 Å². The Kier molecular flexibility index (Phi) is 7.15. The first-order chi connectivity index (χ1) is 15.6. The summed E-state index contributed by atoms with van der Waals surface area (Å²) in [6.07, 6.45) is 8.76. The van der Waals surface area contributed by atoms with E-state index in [1.165, 1.54) is 32.1 Å². The quantitative estimate of drug-likeness (QED) is 0.485. The number of carbonyl (C=O) groups is 1.